The van der Waals surface area contributed by atoms with E-state index in [9.17, 15) is 4.79 Å². The van der Waals surface area contributed by atoms with Gasteiger partial charge in [0.2, 0.25) is 0 Å². The first-order valence-electron chi connectivity index (χ1n) is 5.78. The van der Waals surface area contributed by atoms with Crippen molar-refractivity contribution in [2.75, 3.05) is 11.1 Å². The number of aromatic nitrogens is 1. The molecule has 0 radical (unpaired) electrons. The molecule has 1 heterocycles. The van der Waals surface area contributed by atoms with Crippen LogP contribution in [0.4, 0.5) is 11.4 Å². The number of anilines is 2. The summed E-state index contributed by atoms with van der Waals surface area (Å²) in [5.41, 5.74) is 8.73. The van der Waals surface area contributed by atoms with Crippen molar-refractivity contribution in [2.45, 2.75) is 13.8 Å². The fraction of sp³-hybridized carbons (Fsp3) is 0.143. The number of hydrogen-bond acceptors (Lipinski definition) is 3. The molecule has 0 saturated carbocycles. The van der Waals surface area contributed by atoms with Gasteiger partial charge in [-0.05, 0) is 38.1 Å². The van der Waals surface area contributed by atoms with E-state index < -0.39 is 0 Å². The SMILES string of the molecule is Cc1ccc(NC(=O)c2cccc(N)c2Cl)c(C)n1. The Morgan fingerprint density at radius 3 is 2.68 bits per heavy atom. The number of benzene rings is 1. The zero-order valence-corrected chi connectivity index (χ0v) is 11.5. The van der Waals surface area contributed by atoms with Gasteiger partial charge in [0.05, 0.1) is 27.7 Å². The largest absolute Gasteiger partial charge is 0.398 e. The van der Waals surface area contributed by atoms with Crippen LogP contribution in [-0.2, 0) is 0 Å². The molecule has 1 aromatic heterocycles. The molecule has 98 valence electrons. The second-order valence-electron chi connectivity index (χ2n) is 4.25. The summed E-state index contributed by atoms with van der Waals surface area (Å²) in [6.07, 6.45) is 0. The van der Waals surface area contributed by atoms with Crippen molar-refractivity contribution >= 4 is 28.9 Å². The van der Waals surface area contributed by atoms with E-state index in [0.29, 0.717) is 16.9 Å². The van der Waals surface area contributed by atoms with Crippen LogP contribution in [0.25, 0.3) is 0 Å². The van der Waals surface area contributed by atoms with Gasteiger partial charge in [-0.2, -0.15) is 0 Å². The third kappa shape index (κ3) is 2.85. The molecule has 0 bridgehead atoms. The minimum absolute atomic E-state index is 0.262. The van der Waals surface area contributed by atoms with Crippen molar-refractivity contribution in [3.05, 3.63) is 52.3 Å². The Bertz CT molecular complexity index is 641. The molecule has 0 saturated heterocycles. The Labute approximate surface area is 116 Å². The zero-order chi connectivity index (χ0) is 14.0. The van der Waals surface area contributed by atoms with E-state index in [2.05, 4.69) is 10.3 Å². The van der Waals surface area contributed by atoms with Crippen LogP contribution >= 0.6 is 11.6 Å². The Kier molecular flexibility index (Phi) is 3.71. The normalized spacial score (nSPS) is 10.3. The van der Waals surface area contributed by atoms with Crippen molar-refractivity contribution in [3.63, 3.8) is 0 Å². The van der Waals surface area contributed by atoms with Crippen molar-refractivity contribution in [1.29, 1.82) is 0 Å². The van der Waals surface area contributed by atoms with Crippen molar-refractivity contribution in [2.24, 2.45) is 0 Å². The number of nitrogen functional groups attached to an aromatic ring is 1. The van der Waals surface area contributed by atoms with Gasteiger partial charge in [-0.3, -0.25) is 9.78 Å². The summed E-state index contributed by atoms with van der Waals surface area (Å²) in [7, 11) is 0. The second kappa shape index (κ2) is 5.28. The summed E-state index contributed by atoms with van der Waals surface area (Å²) in [4.78, 5) is 16.4. The minimum atomic E-state index is -0.300. The van der Waals surface area contributed by atoms with Crippen molar-refractivity contribution < 1.29 is 4.79 Å². The second-order valence-corrected chi connectivity index (χ2v) is 4.63. The zero-order valence-electron chi connectivity index (χ0n) is 10.7. The number of nitrogens with zero attached hydrogens (tertiary/aromatic N) is 1. The van der Waals surface area contributed by atoms with Crippen LogP contribution < -0.4 is 11.1 Å². The van der Waals surface area contributed by atoms with Crippen LogP contribution in [0.5, 0.6) is 0 Å². The number of pyridine rings is 1. The molecule has 0 unspecified atom stereocenters. The summed E-state index contributed by atoms with van der Waals surface area (Å²) in [5.74, 6) is -0.300. The molecule has 1 aromatic carbocycles. The molecule has 2 rings (SSSR count). The first-order valence-corrected chi connectivity index (χ1v) is 6.16. The van der Waals surface area contributed by atoms with E-state index in [1.165, 1.54) is 0 Å². The predicted octanol–water partition coefficient (Wildman–Crippen LogP) is 3.19. The smallest absolute Gasteiger partial charge is 0.257 e. The van der Waals surface area contributed by atoms with Gasteiger partial charge in [-0.25, -0.2) is 0 Å². The standard InChI is InChI=1S/C14H14ClN3O/c1-8-6-7-12(9(2)17-8)18-14(19)10-4-3-5-11(16)13(10)15/h3-7H,16H2,1-2H3,(H,18,19). The lowest BCUT2D eigenvalue weighted by molar-refractivity contribution is 0.102. The lowest BCUT2D eigenvalue weighted by Crippen LogP contribution is -2.14. The number of nitrogens with two attached hydrogens (primary N) is 1. The highest BCUT2D eigenvalue weighted by molar-refractivity contribution is 6.36. The van der Waals surface area contributed by atoms with E-state index in [1.807, 2.05) is 26.0 Å². The topological polar surface area (TPSA) is 68.0 Å². The number of nitrogens with one attached hydrogen (secondary N) is 1. The van der Waals surface area contributed by atoms with E-state index in [0.717, 1.165) is 11.4 Å². The van der Waals surface area contributed by atoms with Crippen LogP contribution in [0.2, 0.25) is 5.02 Å². The van der Waals surface area contributed by atoms with Gasteiger partial charge in [0.15, 0.2) is 0 Å². The highest BCUT2D eigenvalue weighted by Crippen LogP contribution is 2.24. The van der Waals surface area contributed by atoms with Gasteiger partial charge >= 0.3 is 0 Å². The van der Waals surface area contributed by atoms with E-state index in [4.69, 9.17) is 17.3 Å². The molecule has 4 nitrogen and oxygen atoms in total. The highest BCUT2D eigenvalue weighted by atomic mass is 35.5. The molecule has 0 aliphatic heterocycles. The average Bonchev–Trinajstić information content (AvgIpc) is 2.36. The highest BCUT2D eigenvalue weighted by Gasteiger charge is 2.13. The molecule has 0 atom stereocenters. The van der Waals surface area contributed by atoms with Crippen LogP contribution in [-0.4, -0.2) is 10.9 Å². The van der Waals surface area contributed by atoms with Crippen LogP contribution in [0, 0.1) is 13.8 Å². The number of rotatable bonds is 2. The van der Waals surface area contributed by atoms with Gasteiger partial charge in [0, 0.05) is 5.69 Å². The summed E-state index contributed by atoms with van der Waals surface area (Å²) in [6, 6.07) is 8.62. The predicted molar refractivity (Wildman–Crippen MR) is 77.5 cm³/mol. The van der Waals surface area contributed by atoms with Crippen molar-refractivity contribution in [1.82, 2.24) is 4.98 Å². The van der Waals surface area contributed by atoms with Gasteiger partial charge in [-0.15, -0.1) is 0 Å². The maximum Gasteiger partial charge on any atom is 0.257 e. The van der Waals surface area contributed by atoms with Crippen LogP contribution in [0.3, 0.4) is 0 Å². The number of hydrogen-bond donors (Lipinski definition) is 2. The number of aryl methyl sites for hydroxylation is 2. The monoisotopic (exact) mass is 275 g/mol. The molecule has 0 fully saturated rings. The fourth-order valence-corrected chi connectivity index (χ4v) is 1.95. The number of carbonyl (C=O) groups excluding carboxylic acids is 1. The number of carbonyl (C=O) groups is 1. The Hall–Kier alpha value is -2.07. The van der Waals surface area contributed by atoms with E-state index in [1.54, 1.807) is 18.2 Å². The van der Waals surface area contributed by atoms with Crippen LogP contribution in [0.1, 0.15) is 21.7 Å². The fourth-order valence-electron chi connectivity index (χ4n) is 1.73. The number of halogens is 1. The van der Waals surface area contributed by atoms with Crippen LogP contribution in [0.15, 0.2) is 30.3 Å². The molecular formula is C14H14ClN3O. The molecule has 0 spiro atoms. The van der Waals surface area contributed by atoms with Crippen molar-refractivity contribution in [3.8, 4) is 0 Å². The Morgan fingerprint density at radius 2 is 2.00 bits per heavy atom. The van der Waals surface area contributed by atoms with E-state index in [-0.39, 0.29) is 10.9 Å². The van der Waals surface area contributed by atoms with Gasteiger partial charge in [0.1, 0.15) is 0 Å². The maximum atomic E-state index is 12.1. The molecule has 1 amide bonds. The third-order valence-corrected chi connectivity index (χ3v) is 3.17. The molecular weight excluding hydrogens is 262 g/mol. The summed E-state index contributed by atoms with van der Waals surface area (Å²) >= 11 is 6.02. The molecule has 2 aromatic rings. The molecule has 0 aliphatic carbocycles. The molecule has 19 heavy (non-hydrogen) atoms. The summed E-state index contributed by atoms with van der Waals surface area (Å²) in [6.45, 7) is 3.73. The van der Waals surface area contributed by atoms with E-state index >= 15 is 0 Å². The lowest BCUT2D eigenvalue weighted by atomic mass is 10.1. The summed E-state index contributed by atoms with van der Waals surface area (Å²) in [5, 5.41) is 3.04. The lowest BCUT2D eigenvalue weighted by Gasteiger charge is -2.10. The Morgan fingerprint density at radius 1 is 1.26 bits per heavy atom. The van der Waals surface area contributed by atoms with Gasteiger partial charge in [0.25, 0.3) is 5.91 Å². The third-order valence-electron chi connectivity index (χ3n) is 2.75. The van der Waals surface area contributed by atoms with Gasteiger partial charge in [-0.1, -0.05) is 17.7 Å². The average molecular weight is 276 g/mol. The quantitative estimate of drug-likeness (QED) is 0.827. The molecule has 0 aliphatic rings. The molecule has 5 heteroatoms. The summed E-state index contributed by atoms with van der Waals surface area (Å²) < 4.78 is 0. The first-order chi connectivity index (χ1) is 8.99. The minimum Gasteiger partial charge on any atom is -0.398 e. The maximum absolute atomic E-state index is 12.1. The van der Waals surface area contributed by atoms with Gasteiger partial charge < -0.3 is 11.1 Å². The Balaban J connectivity index is 2.28. The first kappa shape index (κ1) is 13.4. The number of amides is 1. The molecule has 3 N–H and O–H groups in total.